The molecule has 1 saturated heterocycles. The maximum absolute atomic E-state index is 10.9. The highest BCUT2D eigenvalue weighted by molar-refractivity contribution is 5.88. The number of hydrogen-bond acceptors (Lipinski definition) is 3. The van der Waals surface area contributed by atoms with Crippen molar-refractivity contribution in [3.8, 4) is 5.75 Å². The molecule has 1 aliphatic heterocycles. The summed E-state index contributed by atoms with van der Waals surface area (Å²) in [4.78, 5) is 10.9. The largest absolute Gasteiger partial charge is 0.508 e. The summed E-state index contributed by atoms with van der Waals surface area (Å²) in [5, 5.41) is 19.0. The topological polar surface area (TPSA) is 66.8 Å². The lowest BCUT2D eigenvalue weighted by atomic mass is 9.89. The molecular formula is C15H20O4. The molecule has 2 rings (SSSR count). The van der Waals surface area contributed by atoms with E-state index in [4.69, 9.17) is 9.84 Å². The van der Waals surface area contributed by atoms with Crippen LogP contribution in [0.15, 0.2) is 18.2 Å². The van der Waals surface area contributed by atoms with Gasteiger partial charge in [0.2, 0.25) is 0 Å². The van der Waals surface area contributed by atoms with E-state index >= 15 is 0 Å². The third kappa shape index (κ3) is 2.89. The Morgan fingerprint density at radius 2 is 2.21 bits per heavy atom. The van der Waals surface area contributed by atoms with Crippen molar-refractivity contribution in [2.45, 2.75) is 38.7 Å². The number of benzene rings is 1. The number of ether oxygens (including phenoxy) is 1. The monoisotopic (exact) mass is 264 g/mol. The number of aromatic carboxylic acids is 1. The van der Waals surface area contributed by atoms with Crippen molar-refractivity contribution in [2.75, 3.05) is 6.61 Å². The van der Waals surface area contributed by atoms with Crippen molar-refractivity contribution >= 4 is 5.97 Å². The number of rotatable bonds is 2. The van der Waals surface area contributed by atoms with Gasteiger partial charge in [-0.2, -0.15) is 0 Å². The zero-order valence-electron chi connectivity index (χ0n) is 11.3. The molecule has 1 aromatic carbocycles. The molecule has 0 bridgehead atoms. The Hall–Kier alpha value is -1.55. The van der Waals surface area contributed by atoms with Crippen LogP contribution < -0.4 is 0 Å². The van der Waals surface area contributed by atoms with Gasteiger partial charge in [0, 0.05) is 5.56 Å². The molecule has 19 heavy (non-hydrogen) atoms. The zero-order chi connectivity index (χ0) is 14.0. The number of aromatic hydroxyl groups is 1. The predicted octanol–water partition coefficient (Wildman–Crippen LogP) is 3.14. The maximum Gasteiger partial charge on any atom is 0.335 e. The number of hydrogen-bond donors (Lipinski definition) is 2. The second kappa shape index (κ2) is 5.21. The summed E-state index contributed by atoms with van der Waals surface area (Å²) in [6, 6.07) is 4.47. The SMILES string of the molecule is C[C@H]1CCC[C@@](C)(c2ccc(C(=O)O)cc2O)OC1. The van der Waals surface area contributed by atoms with Gasteiger partial charge in [-0.25, -0.2) is 4.79 Å². The first-order valence-corrected chi connectivity index (χ1v) is 6.63. The van der Waals surface area contributed by atoms with Gasteiger partial charge in [0.05, 0.1) is 17.8 Å². The van der Waals surface area contributed by atoms with Crippen molar-refractivity contribution in [1.29, 1.82) is 0 Å². The number of carboxylic acid groups (broad SMARTS) is 1. The molecule has 0 radical (unpaired) electrons. The Morgan fingerprint density at radius 1 is 1.47 bits per heavy atom. The lowest BCUT2D eigenvalue weighted by molar-refractivity contribution is -0.0440. The van der Waals surface area contributed by atoms with E-state index in [9.17, 15) is 9.90 Å². The lowest BCUT2D eigenvalue weighted by Gasteiger charge is -2.29. The van der Waals surface area contributed by atoms with Crippen LogP contribution in [0, 0.1) is 5.92 Å². The molecule has 1 heterocycles. The van der Waals surface area contributed by atoms with Crippen molar-refractivity contribution < 1.29 is 19.7 Å². The van der Waals surface area contributed by atoms with E-state index in [-0.39, 0.29) is 11.3 Å². The Kier molecular flexibility index (Phi) is 3.80. The zero-order valence-corrected chi connectivity index (χ0v) is 11.3. The fraction of sp³-hybridized carbons (Fsp3) is 0.533. The molecule has 2 atom stereocenters. The van der Waals surface area contributed by atoms with Crippen LogP contribution in [0.4, 0.5) is 0 Å². The van der Waals surface area contributed by atoms with Crippen molar-refractivity contribution in [2.24, 2.45) is 5.92 Å². The van der Waals surface area contributed by atoms with E-state index in [1.54, 1.807) is 6.07 Å². The van der Waals surface area contributed by atoms with E-state index in [0.29, 0.717) is 18.1 Å². The van der Waals surface area contributed by atoms with Crippen LogP contribution >= 0.6 is 0 Å². The molecule has 1 aromatic rings. The minimum absolute atomic E-state index is 0.00282. The first-order chi connectivity index (χ1) is 8.92. The highest BCUT2D eigenvalue weighted by atomic mass is 16.5. The van der Waals surface area contributed by atoms with Crippen LogP contribution in [0.1, 0.15) is 49.0 Å². The Morgan fingerprint density at radius 3 is 2.84 bits per heavy atom. The third-order valence-electron chi connectivity index (χ3n) is 3.85. The molecule has 0 amide bonds. The van der Waals surface area contributed by atoms with Gasteiger partial charge in [-0.15, -0.1) is 0 Å². The normalized spacial score (nSPS) is 27.8. The number of carbonyl (C=O) groups is 1. The van der Waals surface area contributed by atoms with Crippen LogP contribution in [-0.2, 0) is 10.3 Å². The molecular weight excluding hydrogens is 244 g/mol. The van der Waals surface area contributed by atoms with Gasteiger partial charge < -0.3 is 14.9 Å². The van der Waals surface area contributed by atoms with Crippen LogP contribution in [0.5, 0.6) is 5.75 Å². The van der Waals surface area contributed by atoms with E-state index in [1.165, 1.54) is 12.1 Å². The standard InChI is InChI=1S/C15H20O4/c1-10-4-3-7-15(2,19-9-10)12-6-5-11(14(17)18)8-13(12)16/h5-6,8,10,16H,3-4,7,9H2,1-2H3,(H,17,18)/t10-,15-/m0/s1. The predicted molar refractivity (Wildman–Crippen MR) is 71.4 cm³/mol. The van der Waals surface area contributed by atoms with Crippen molar-refractivity contribution in [3.05, 3.63) is 29.3 Å². The first kappa shape index (κ1) is 13.9. The summed E-state index contributed by atoms with van der Waals surface area (Å²) >= 11 is 0. The van der Waals surface area contributed by atoms with Crippen molar-refractivity contribution in [3.63, 3.8) is 0 Å². The molecule has 0 saturated carbocycles. The van der Waals surface area contributed by atoms with E-state index in [2.05, 4.69) is 6.92 Å². The smallest absolute Gasteiger partial charge is 0.335 e. The van der Waals surface area contributed by atoms with Crippen LogP contribution in [0.25, 0.3) is 0 Å². The summed E-state index contributed by atoms with van der Waals surface area (Å²) in [5.41, 5.74) is 0.227. The Labute approximate surface area is 113 Å². The molecule has 0 unspecified atom stereocenters. The number of phenols is 1. The van der Waals surface area contributed by atoms with Crippen LogP contribution in [0.3, 0.4) is 0 Å². The maximum atomic E-state index is 10.9. The van der Waals surface area contributed by atoms with Gasteiger partial charge in [-0.3, -0.25) is 0 Å². The Bertz CT molecular complexity index is 483. The van der Waals surface area contributed by atoms with Gasteiger partial charge in [-0.05, 0) is 44.2 Å². The van der Waals surface area contributed by atoms with Gasteiger partial charge in [0.1, 0.15) is 5.75 Å². The average molecular weight is 264 g/mol. The minimum Gasteiger partial charge on any atom is -0.508 e. The van der Waals surface area contributed by atoms with Gasteiger partial charge in [-0.1, -0.05) is 13.0 Å². The highest BCUT2D eigenvalue weighted by Gasteiger charge is 2.33. The molecule has 2 N–H and O–H groups in total. The summed E-state index contributed by atoms with van der Waals surface area (Å²) < 4.78 is 5.96. The van der Waals surface area contributed by atoms with E-state index < -0.39 is 11.6 Å². The number of phenolic OH excluding ortho intramolecular Hbond substituents is 1. The highest BCUT2D eigenvalue weighted by Crippen LogP contribution is 2.39. The minimum atomic E-state index is -1.04. The number of carboxylic acids is 1. The van der Waals surface area contributed by atoms with E-state index in [1.807, 2.05) is 6.92 Å². The molecule has 0 aromatic heterocycles. The average Bonchev–Trinajstić information content (AvgIpc) is 2.52. The summed E-state index contributed by atoms with van der Waals surface area (Å²) in [7, 11) is 0. The second-order valence-corrected chi connectivity index (χ2v) is 5.58. The van der Waals surface area contributed by atoms with E-state index in [0.717, 1.165) is 19.3 Å². The molecule has 104 valence electrons. The summed E-state index contributed by atoms with van der Waals surface area (Å²) in [5.74, 6) is -0.526. The Balaban J connectivity index is 2.32. The summed E-state index contributed by atoms with van der Waals surface area (Å²) in [6.07, 6.45) is 2.98. The molecule has 1 aliphatic rings. The third-order valence-corrected chi connectivity index (χ3v) is 3.85. The fourth-order valence-corrected chi connectivity index (χ4v) is 2.59. The van der Waals surface area contributed by atoms with Crippen LogP contribution in [-0.4, -0.2) is 22.8 Å². The molecule has 4 heteroatoms. The van der Waals surface area contributed by atoms with Gasteiger partial charge >= 0.3 is 5.97 Å². The van der Waals surface area contributed by atoms with Crippen molar-refractivity contribution in [1.82, 2.24) is 0 Å². The summed E-state index contributed by atoms with van der Waals surface area (Å²) in [6.45, 7) is 4.77. The molecule has 1 fully saturated rings. The molecule has 0 spiro atoms. The molecule has 0 aliphatic carbocycles. The lowest BCUT2D eigenvalue weighted by Crippen LogP contribution is -2.26. The fourth-order valence-electron chi connectivity index (χ4n) is 2.59. The van der Waals surface area contributed by atoms with Gasteiger partial charge in [0.15, 0.2) is 0 Å². The van der Waals surface area contributed by atoms with Gasteiger partial charge in [0.25, 0.3) is 0 Å². The quantitative estimate of drug-likeness (QED) is 0.861. The van der Waals surface area contributed by atoms with Crippen LogP contribution in [0.2, 0.25) is 0 Å². The first-order valence-electron chi connectivity index (χ1n) is 6.63. The second-order valence-electron chi connectivity index (χ2n) is 5.58. The molecule has 4 nitrogen and oxygen atoms in total.